The Morgan fingerprint density at radius 3 is 3.06 bits per heavy atom. The molecule has 0 aromatic carbocycles. The average molecular weight is 246 g/mol. The topological polar surface area (TPSA) is 51.2 Å². The molecule has 0 aromatic heterocycles. The second-order valence-electron chi connectivity index (χ2n) is 4.59. The van der Waals surface area contributed by atoms with Crippen LogP contribution in [0.15, 0.2) is 11.8 Å². The number of aliphatic hydroxyl groups excluding tert-OH is 1. The van der Waals surface area contributed by atoms with Gasteiger partial charge in [-0.2, -0.15) is 0 Å². The van der Waals surface area contributed by atoms with E-state index in [1.807, 2.05) is 0 Å². The van der Waals surface area contributed by atoms with Gasteiger partial charge < -0.3 is 19.3 Å². The Morgan fingerprint density at radius 1 is 1.44 bits per heavy atom. The molecule has 1 spiro atoms. The van der Waals surface area contributed by atoms with E-state index in [1.54, 1.807) is 13.0 Å². The molecule has 94 valence electrons. The molecule has 3 fully saturated rings. The highest BCUT2D eigenvalue weighted by Crippen LogP contribution is 2.52. The quantitative estimate of drug-likeness (QED) is 0.501. The van der Waals surface area contributed by atoms with Crippen LogP contribution in [0.4, 0.5) is 0 Å². The summed E-state index contributed by atoms with van der Waals surface area (Å²) in [5, 5.41) is 9.45. The lowest BCUT2D eigenvalue weighted by molar-refractivity contribution is -0.257. The minimum atomic E-state index is -0.701. The van der Waals surface area contributed by atoms with Gasteiger partial charge in [0.1, 0.15) is 11.9 Å². The minimum absolute atomic E-state index is 0.0378. The molecular weight excluding hydrogens is 232 g/mol. The summed E-state index contributed by atoms with van der Waals surface area (Å²) in [5.74, 6) is 10.9. The Labute approximate surface area is 106 Å². The average Bonchev–Trinajstić information content (AvgIpc) is 3.12. The molecule has 0 amide bonds. The number of fused-ring (bicyclic) bond motifs is 2. The van der Waals surface area contributed by atoms with Gasteiger partial charge in [-0.3, -0.25) is 0 Å². The van der Waals surface area contributed by atoms with Crippen molar-refractivity contribution in [3.8, 4) is 23.7 Å². The molecule has 4 heteroatoms. The highest BCUT2D eigenvalue weighted by Gasteiger charge is 2.67. The van der Waals surface area contributed by atoms with Crippen LogP contribution in [0.5, 0.6) is 0 Å². The van der Waals surface area contributed by atoms with Gasteiger partial charge in [-0.25, -0.2) is 0 Å². The summed E-state index contributed by atoms with van der Waals surface area (Å²) < 4.78 is 17.0. The summed E-state index contributed by atoms with van der Waals surface area (Å²) in [7, 11) is 0. The van der Waals surface area contributed by atoms with Gasteiger partial charge in [-0.1, -0.05) is 11.8 Å². The van der Waals surface area contributed by atoms with Gasteiger partial charge >= 0.3 is 0 Å². The molecule has 18 heavy (non-hydrogen) atoms. The minimum Gasteiger partial charge on any atom is -0.460 e. The second-order valence-corrected chi connectivity index (χ2v) is 4.59. The molecular formula is C14H14O4. The Kier molecular flexibility index (Phi) is 2.80. The summed E-state index contributed by atoms with van der Waals surface area (Å²) in [6.45, 7) is 2.04. The van der Waals surface area contributed by atoms with Crippen LogP contribution in [-0.2, 0) is 14.2 Å². The number of ether oxygens (including phenoxy) is 3. The lowest BCUT2D eigenvalue weighted by atomic mass is 10.0. The van der Waals surface area contributed by atoms with Crippen molar-refractivity contribution in [2.24, 2.45) is 0 Å². The lowest BCUT2D eigenvalue weighted by Crippen LogP contribution is -2.45. The van der Waals surface area contributed by atoms with Gasteiger partial charge in [0.15, 0.2) is 6.10 Å². The normalized spacial score (nSPS) is 42.3. The van der Waals surface area contributed by atoms with E-state index in [4.69, 9.17) is 14.2 Å². The Bertz CT molecular complexity index is 491. The van der Waals surface area contributed by atoms with Crippen LogP contribution < -0.4 is 0 Å². The Hall–Kier alpha value is -1.46. The fourth-order valence-electron chi connectivity index (χ4n) is 2.36. The smallest absolute Gasteiger partial charge is 0.239 e. The molecule has 4 unspecified atom stereocenters. The van der Waals surface area contributed by atoms with Crippen LogP contribution in [-0.4, -0.2) is 35.8 Å². The van der Waals surface area contributed by atoms with Crippen molar-refractivity contribution in [2.45, 2.75) is 43.9 Å². The summed E-state index contributed by atoms with van der Waals surface area (Å²) in [6, 6.07) is 0. The van der Waals surface area contributed by atoms with Gasteiger partial charge in [0.2, 0.25) is 5.79 Å². The van der Waals surface area contributed by atoms with Crippen LogP contribution in [0.2, 0.25) is 0 Å². The number of rotatable bonds is 0. The third-order valence-corrected chi connectivity index (χ3v) is 3.32. The van der Waals surface area contributed by atoms with Crippen molar-refractivity contribution in [3.63, 3.8) is 0 Å². The number of hydrogen-bond donors (Lipinski definition) is 1. The highest BCUT2D eigenvalue weighted by atomic mass is 16.8. The molecule has 3 rings (SSSR count). The summed E-state index contributed by atoms with van der Waals surface area (Å²) in [6.07, 6.45) is 2.53. The van der Waals surface area contributed by atoms with Gasteiger partial charge in [0.25, 0.3) is 0 Å². The van der Waals surface area contributed by atoms with E-state index in [2.05, 4.69) is 23.7 Å². The van der Waals surface area contributed by atoms with Crippen molar-refractivity contribution < 1.29 is 19.3 Å². The summed E-state index contributed by atoms with van der Waals surface area (Å²) in [5.41, 5.74) is 0. The monoisotopic (exact) mass is 246 g/mol. The molecule has 3 heterocycles. The van der Waals surface area contributed by atoms with Crippen LogP contribution in [0.1, 0.15) is 19.8 Å². The van der Waals surface area contributed by atoms with Gasteiger partial charge in [-0.05, 0) is 25.2 Å². The maximum Gasteiger partial charge on any atom is 0.239 e. The van der Waals surface area contributed by atoms with E-state index in [9.17, 15) is 5.11 Å². The Balaban J connectivity index is 1.72. The molecule has 0 aliphatic carbocycles. The van der Waals surface area contributed by atoms with Gasteiger partial charge in [0, 0.05) is 12.5 Å². The molecule has 0 aromatic rings. The third-order valence-electron chi connectivity index (χ3n) is 3.32. The van der Waals surface area contributed by atoms with Crippen LogP contribution in [0.3, 0.4) is 0 Å². The summed E-state index contributed by atoms with van der Waals surface area (Å²) in [4.78, 5) is 0. The first kappa shape index (κ1) is 11.6. The molecule has 4 atom stereocenters. The molecule has 3 aliphatic heterocycles. The number of hydrogen-bond acceptors (Lipinski definition) is 4. The van der Waals surface area contributed by atoms with Crippen molar-refractivity contribution in [3.05, 3.63) is 11.8 Å². The first-order chi connectivity index (χ1) is 8.75. The van der Waals surface area contributed by atoms with Crippen LogP contribution in [0.25, 0.3) is 0 Å². The maximum absolute atomic E-state index is 9.45. The van der Waals surface area contributed by atoms with Crippen molar-refractivity contribution in [1.82, 2.24) is 0 Å². The first-order valence-electron chi connectivity index (χ1n) is 6.04. The van der Waals surface area contributed by atoms with Crippen LogP contribution >= 0.6 is 0 Å². The number of aliphatic hydroxyl groups is 1. The SMILES string of the molecule is CC#CC#CC=C1OC2(CCC(O)CO2)C2OC12. The molecule has 4 nitrogen and oxygen atoms in total. The van der Waals surface area contributed by atoms with Gasteiger partial charge in [-0.15, -0.1) is 0 Å². The predicted octanol–water partition coefficient (Wildman–Crippen LogP) is 0.562. The highest BCUT2D eigenvalue weighted by molar-refractivity contribution is 5.34. The zero-order chi connectivity index (χ0) is 12.6. The zero-order valence-electron chi connectivity index (χ0n) is 10.1. The number of epoxide rings is 1. The lowest BCUT2D eigenvalue weighted by Gasteiger charge is -2.35. The largest absolute Gasteiger partial charge is 0.460 e. The second kappa shape index (κ2) is 4.33. The fourth-order valence-corrected chi connectivity index (χ4v) is 2.36. The van der Waals surface area contributed by atoms with E-state index >= 15 is 0 Å². The molecule has 1 N–H and O–H groups in total. The maximum atomic E-state index is 9.45. The standard InChI is InChI=1S/C14H14O4/c1-2-3-4-5-6-11-12-13(17-12)14(18-11)8-7-10(15)9-16-14/h6,10,12-13,15H,7-9H2,1H3. The Morgan fingerprint density at radius 2 is 2.33 bits per heavy atom. The molecule has 0 radical (unpaired) electrons. The molecule has 0 saturated carbocycles. The number of allylic oxidation sites excluding steroid dienone is 1. The zero-order valence-corrected chi connectivity index (χ0v) is 10.1. The van der Waals surface area contributed by atoms with E-state index in [1.165, 1.54) is 0 Å². The van der Waals surface area contributed by atoms with E-state index in [0.29, 0.717) is 25.2 Å². The van der Waals surface area contributed by atoms with Crippen molar-refractivity contribution in [2.75, 3.05) is 6.61 Å². The van der Waals surface area contributed by atoms with Gasteiger partial charge in [0.05, 0.1) is 12.7 Å². The first-order valence-corrected chi connectivity index (χ1v) is 6.04. The fraction of sp³-hybridized carbons (Fsp3) is 0.571. The molecule has 0 bridgehead atoms. The molecule has 3 aliphatic rings. The third kappa shape index (κ3) is 1.89. The summed E-state index contributed by atoms with van der Waals surface area (Å²) >= 11 is 0. The van der Waals surface area contributed by atoms with E-state index < -0.39 is 11.9 Å². The van der Waals surface area contributed by atoms with Crippen LogP contribution in [0, 0.1) is 23.7 Å². The van der Waals surface area contributed by atoms with E-state index in [0.717, 1.165) is 0 Å². The predicted molar refractivity (Wildman–Crippen MR) is 63.0 cm³/mol. The van der Waals surface area contributed by atoms with Crippen molar-refractivity contribution >= 4 is 0 Å². The van der Waals surface area contributed by atoms with Crippen molar-refractivity contribution in [1.29, 1.82) is 0 Å². The van der Waals surface area contributed by atoms with E-state index in [-0.39, 0.29) is 12.2 Å². The molecule has 3 saturated heterocycles.